The van der Waals surface area contributed by atoms with Crippen molar-refractivity contribution in [3.8, 4) is 0 Å². The first-order valence-electron chi connectivity index (χ1n) is 5.93. The van der Waals surface area contributed by atoms with Gasteiger partial charge in [0, 0.05) is 32.6 Å². The number of rotatable bonds is 6. The number of carbonyl (C=O) groups is 1. The summed E-state index contributed by atoms with van der Waals surface area (Å²) < 4.78 is 27.9. The Hall–Kier alpha value is -0.700. The number of likely N-dealkylation sites (N-methyl/N-ethyl adjacent to an activating group) is 1. The molecule has 0 atom stereocenters. The summed E-state index contributed by atoms with van der Waals surface area (Å²) in [4.78, 5) is 15.5. The quantitative estimate of drug-likeness (QED) is 0.630. The molecule has 106 valence electrons. The van der Waals surface area contributed by atoms with Crippen molar-refractivity contribution >= 4 is 16.0 Å². The van der Waals surface area contributed by atoms with Gasteiger partial charge in [-0.1, -0.05) is 0 Å². The molecule has 0 aromatic heterocycles. The lowest BCUT2D eigenvalue weighted by atomic mass is 10.3. The lowest BCUT2D eigenvalue weighted by Crippen LogP contribution is -2.52. The highest BCUT2D eigenvalue weighted by atomic mass is 32.2. The van der Waals surface area contributed by atoms with Crippen LogP contribution in [0.4, 0.5) is 0 Å². The van der Waals surface area contributed by atoms with Gasteiger partial charge in [-0.3, -0.25) is 4.79 Å². The summed E-state index contributed by atoms with van der Waals surface area (Å²) >= 11 is 0. The van der Waals surface area contributed by atoms with Gasteiger partial charge in [0.1, 0.15) is 0 Å². The van der Waals surface area contributed by atoms with E-state index in [-0.39, 0.29) is 24.6 Å². The molecule has 0 spiro atoms. The summed E-state index contributed by atoms with van der Waals surface area (Å²) in [5, 5.41) is 1.70. The van der Waals surface area contributed by atoms with E-state index in [1.807, 2.05) is 7.05 Å². The van der Waals surface area contributed by atoms with Crippen molar-refractivity contribution in [2.75, 3.05) is 46.1 Å². The third kappa shape index (κ3) is 5.76. The second-order valence-electron chi connectivity index (χ2n) is 4.38. The Balaban J connectivity index is 2.29. The van der Waals surface area contributed by atoms with Crippen molar-refractivity contribution < 1.29 is 17.9 Å². The zero-order chi connectivity index (χ0) is 13.6. The molecule has 7 nitrogen and oxygen atoms in total. The molecule has 1 aliphatic rings. The molecular weight excluding hydrogens is 258 g/mol. The third-order valence-electron chi connectivity index (χ3n) is 2.79. The minimum Gasteiger partial charge on any atom is -0.469 e. The summed E-state index contributed by atoms with van der Waals surface area (Å²) in [5.74, 6) is -0.446. The Labute approximate surface area is 108 Å². The average molecular weight is 279 g/mol. The summed E-state index contributed by atoms with van der Waals surface area (Å²) in [5.41, 5.74) is 0. The number of nitrogens with zero attached hydrogens (tertiary/aromatic N) is 2. The first-order chi connectivity index (χ1) is 8.43. The van der Waals surface area contributed by atoms with Crippen molar-refractivity contribution in [1.29, 1.82) is 0 Å². The molecular formula is C10H21N3O4S. The molecule has 0 aromatic carbocycles. The molecule has 0 aliphatic carbocycles. The molecule has 18 heavy (non-hydrogen) atoms. The van der Waals surface area contributed by atoms with Crippen LogP contribution in [0.3, 0.4) is 0 Å². The molecule has 1 heterocycles. The molecule has 1 aliphatic heterocycles. The van der Waals surface area contributed by atoms with E-state index >= 15 is 0 Å². The lowest BCUT2D eigenvalue weighted by molar-refractivity contribution is -0.140. The second kappa shape index (κ2) is 7.03. The van der Waals surface area contributed by atoms with Gasteiger partial charge in [-0.2, -0.15) is 0 Å². The van der Waals surface area contributed by atoms with E-state index in [2.05, 4.69) is 14.5 Å². The Bertz CT molecular complexity index is 363. The number of methoxy groups -OCH3 is 1. The predicted molar refractivity (Wildman–Crippen MR) is 67.2 cm³/mol. The maximum Gasteiger partial charge on any atom is 0.305 e. The number of esters is 1. The SMILES string of the molecule is COC(=O)CCCS(=O)(=O)NN1CCN(C)CC1. The van der Waals surface area contributed by atoms with Crippen molar-refractivity contribution in [3.63, 3.8) is 0 Å². The van der Waals surface area contributed by atoms with Crippen molar-refractivity contribution in [2.45, 2.75) is 12.8 Å². The topological polar surface area (TPSA) is 78.9 Å². The van der Waals surface area contributed by atoms with Gasteiger partial charge in [0.15, 0.2) is 0 Å². The second-order valence-corrected chi connectivity index (χ2v) is 6.20. The summed E-state index contributed by atoms with van der Waals surface area (Å²) in [7, 11) is -0.0598. The molecule has 0 amide bonds. The number of hydrogen-bond acceptors (Lipinski definition) is 6. The summed E-state index contributed by atoms with van der Waals surface area (Å²) in [6, 6.07) is 0. The van der Waals surface area contributed by atoms with Gasteiger partial charge in [0.25, 0.3) is 0 Å². The molecule has 0 unspecified atom stereocenters. The van der Waals surface area contributed by atoms with Crippen LogP contribution in [0.5, 0.6) is 0 Å². The minimum atomic E-state index is -3.35. The monoisotopic (exact) mass is 279 g/mol. The fourth-order valence-corrected chi connectivity index (χ4v) is 2.84. The van der Waals surface area contributed by atoms with E-state index in [9.17, 15) is 13.2 Å². The van der Waals surface area contributed by atoms with E-state index in [4.69, 9.17) is 0 Å². The zero-order valence-corrected chi connectivity index (χ0v) is 11.7. The van der Waals surface area contributed by atoms with Crippen LogP contribution in [0.2, 0.25) is 0 Å². The van der Waals surface area contributed by atoms with Gasteiger partial charge >= 0.3 is 5.97 Å². The number of ether oxygens (including phenoxy) is 1. The van der Waals surface area contributed by atoms with E-state index in [1.165, 1.54) is 7.11 Å². The Morgan fingerprint density at radius 3 is 2.44 bits per heavy atom. The molecule has 1 N–H and O–H groups in total. The number of nitrogens with one attached hydrogen (secondary N) is 1. The van der Waals surface area contributed by atoms with E-state index in [1.54, 1.807) is 5.01 Å². The predicted octanol–water partition coefficient (Wildman–Crippen LogP) is -0.979. The van der Waals surface area contributed by atoms with Gasteiger partial charge < -0.3 is 9.64 Å². The normalized spacial score (nSPS) is 18.8. The van der Waals surface area contributed by atoms with Crippen LogP contribution in [0, 0.1) is 0 Å². The molecule has 0 saturated carbocycles. The first kappa shape index (κ1) is 15.4. The van der Waals surface area contributed by atoms with Gasteiger partial charge in [0.2, 0.25) is 10.0 Å². The standard InChI is InChI=1S/C10H21N3O4S/c1-12-5-7-13(8-6-12)11-18(15,16)9-3-4-10(14)17-2/h11H,3-9H2,1-2H3. The van der Waals surface area contributed by atoms with Crippen LogP contribution in [-0.4, -0.2) is 70.4 Å². The van der Waals surface area contributed by atoms with E-state index < -0.39 is 10.0 Å². The molecule has 1 saturated heterocycles. The average Bonchev–Trinajstić information content (AvgIpc) is 2.31. The minimum absolute atomic E-state index is 0.0611. The zero-order valence-electron chi connectivity index (χ0n) is 10.9. The maximum atomic E-state index is 11.7. The highest BCUT2D eigenvalue weighted by Gasteiger charge is 2.19. The number of sulfonamides is 1. The van der Waals surface area contributed by atoms with Gasteiger partial charge in [-0.05, 0) is 13.5 Å². The van der Waals surface area contributed by atoms with Gasteiger partial charge in [0.05, 0.1) is 12.9 Å². The van der Waals surface area contributed by atoms with Crippen molar-refractivity contribution in [1.82, 2.24) is 14.7 Å². The molecule has 1 fully saturated rings. The molecule has 8 heteroatoms. The van der Waals surface area contributed by atoms with Crippen LogP contribution in [0.1, 0.15) is 12.8 Å². The highest BCUT2D eigenvalue weighted by Crippen LogP contribution is 2.00. The summed E-state index contributed by atoms with van der Waals surface area (Å²) in [6.45, 7) is 3.02. The fourth-order valence-electron chi connectivity index (χ4n) is 1.65. The van der Waals surface area contributed by atoms with Gasteiger partial charge in [-0.25, -0.2) is 13.4 Å². The number of piperazine rings is 1. The van der Waals surface area contributed by atoms with Crippen LogP contribution < -0.4 is 4.83 Å². The number of hydrazine groups is 1. The smallest absolute Gasteiger partial charge is 0.305 e. The number of hydrogen-bond donors (Lipinski definition) is 1. The van der Waals surface area contributed by atoms with Crippen LogP contribution in [0.25, 0.3) is 0 Å². The van der Waals surface area contributed by atoms with Crippen molar-refractivity contribution in [2.24, 2.45) is 0 Å². The van der Waals surface area contributed by atoms with Crippen LogP contribution >= 0.6 is 0 Å². The number of carbonyl (C=O) groups excluding carboxylic acids is 1. The fraction of sp³-hybridized carbons (Fsp3) is 0.900. The highest BCUT2D eigenvalue weighted by molar-refractivity contribution is 7.89. The Morgan fingerprint density at radius 1 is 1.28 bits per heavy atom. The largest absolute Gasteiger partial charge is 0.469 e. The van der Waals surface area contributed by atoms with Crippen LogP contribution in [0.15, 0.2) is 0 Å². The van der Waals surface area contributed by atoms with E-state index in [0.29, 0.717) is 13.1 Å². The molecule has 0 aromatic rings. The Morgan fingerprint density at radius 2 is 1.89 bits per heavy atom. The van der Waals surface area contributed by atoms with Crippen LogP contribution in [-0.2, 0) is 19.6 Å². The first-order valence-corrected chi connectivity index (χ1v) is 7.58. The van der Waals surface area contributed by atoms with Gasteiger partial charge in [-0.15, -0.1) is 4.83 Å². The molecule has 0 radical (unpaired) electrons. The molecule has 1 rings (SSSR count). The maximum absolute atomic E-state index is 11.7. The third-order valence-corrected chi connectivity index (χ3v) is 4.16. The summed E-state index contributed by atoms with van der Waals surface area (Å²) in [6.07, 6.45) is 0.399. The van der Waals surface area contributed by atoms with E-state index in [0.717, 1.165) is 13.1 Å². The lowest BCUT2D eigenvalue weighted by Gasteiger charge is -2.32. The van der Waals surface area contributed by atoms with Crippen molar-refractivity contribution in [3.05, 3.63) is 0 Å². The molecule has 0 bridgehead atoms. The Kier molecular flexibility index (Phi) is 6.00.